The summed E-state index contributed by atoms with van der Waals surface area (Å²) in [5.41, 5.74) is 0.0206. The number of fused-ring (bicyclic) bond motifs is 1. The monoisotopic (exact) mass is 574 g/mol. The second-order valence-corrected chi connectivity index (χ2v) is 9.45. The van der Waals surface area contributed by atoms with Crippen LogP contribution in [0.5, 0.6) is 0 Å². The van der Waals surface area contributed by atoms with Crippen molar-refractivity contribution in [1.29, 1.82) is 0 Å². The van der Waals surface area contributed by atoms with Gasteiger partial charge in [0.15, 0.2) is 6.10 Å². The van der Waals surface area contributed by atoms with Gasteiger partial charge in [0.05, 0.1) is 37.3 Å². The van der Waals surface area contributed by atoms with E-state index in [9.17, 15) is 29.3 Å². The number of para-hydroxylation sites is 1. The van der Waals surface area contributed by atoms with E-state index in [4.69, 9.17) is 27.9 Å². The molecule has 1 heterocycles. The van der Waals surface area contributed by atoms with Crippen molar-refractivity contribution < 1.29 is 28.8 Å². The number of esters is 1. The predicted molar refractivity (Wildman–Crippen MR) is 146 cm³/mol. The van der Waals surface area contributed by atoms with E-state index in [1.165, 1.54) is 72.8 Å². The van der Waals surface area contributed by atoms with Gasteiger partial charge < -0.3 is 4.74 Å². The first-order valence-electron chi connectivity index (χ1n) is 11.7. The SMILES string of the molecule is O=C(O[C@H](C(=O)c1ccccc1)c1ccc([N+](=O)[O-])cc1)c1ccccc1N1C(=O)c2cc(Cl)c(Cl)cc2C1=O. The van der Waals surface area contributed by atoms with Crippen LogP contribution < -0.4 is 4.90 Å². The summed E-state index contributed by atoms with van der Waals surface area (Å²) in [5.74, 6) is -3.02. The van der Waals surface area contributed by atoms with Crippen LogP contribution in [0.2, 0.25) is 10.0 Å². The maximum Gasteiger partial charge on any atom is 0.341 e. The van der Waals surface area contributed by atoms with Crippen LogP contribution in [0.15, 0.2) is 91.0 Å². The van der Waals surface area contributed by atoms with Crippen molar-refractivity contribution in [3.63, 3.8) is 0 Å². The molecule has 0 aliphatic carbocycles. The molecule has 1 aliphatic heterocycles. The molecular weight excluding hydrogens is 559 g/mol. The molecule has 0 unspecified atom stereocenters. The summed E-state index contributed by atoms with van der Waals surface area (Å²) >= 11 is 12.1. The fraction of sp³-hybridized carbons (Fsp3) is 0.0345. The molecule has 198 valence electrons. The van der Waals surface area contributed by atoms with Crippen molar-refractivity contribution in [2.75, 3.05) is 4.90 Å². The Morgan fingerprint density at radius 2 is 1.35 bits per heavy atom. The van der Waals surface area contributed by atoms with Crippen LogP contribution in [0, 0.1) is 10.1 Å². The summed E-state index contributed by atoms with van der Waals surface area (Å²) < 4.78 is 5.68. The van der Waals surface area contributed by atoms with Gasteiger partial charge in [-0.3, -0.25) is 24.5 Å². The van der Waals surface area contributed by atoms with Gasteiger partial charge in [0, 0.05) is 23.3 Å². The van der Waals surface area contributed by atoms with Crippen molar-refractivity contribution in [2.45, 2.75) is 6.10 Å². The number of anilines is 1. The number of non-ortho nitro benzene ring substituents is 1. The second-order valence-electron chi connectivity index (χ2n) is 8.64. The summed E-state index contributed by atoms with van der Waals surface area (Å²) in [4.78, 5) is 64.7. The van der Waals surface area contributed by atoms with Gasteiger partial charge in [0.25, 0.3) is 17.5 Å². The quantitative estimate of drug-likeness (QED) is 0.0812. The molecule has 11 heteroatoms. The molecule has 0 fully saturated rings. The number of carbonyl (C=O) groups excluding carboxylic acids is 4. The first-order chi connectivity index (χ1) is 19.2. The predicted octanol–water partition coefficient (Wildman–Crippen LogP) is 6.48. The topological polar surface area (TPSA) is 124 Å². The van der Waals surface area contributed by atoms with E-state index in [-0.39, 0.29) is 49.2 Å². The molecule has 0 saturated heterocycles. The number of nitro benzene ring substituents is 1. The molecule has 2 amide bonds. The fourth-order valence-corrected chi connectivity index (χ4v) is 4.59. The largest absolute Gasteiger partial charge is 0.445 e. The molecule has 4 aromatic carbocycles. The van der Waals surface area contributed by atoms with E-state index in [1.54, 1.807) is 18.2 Å². The lowest BCUT2D eigenvalue weighted by Crippen LogP contribution is -2.31. The number of imide groups is 1. The summed E-state index contributed by atoms with van der Waals surface area (Å²) in [5, 5.41) is 11.3. The number of ketones is 1. The van der Waals surface area contributed by atoms with Crippen molar-refractivity contribution in [2.24, 2.45) is 0 Å². The van der Waals surface area contributed by atoms with Gasteiger partial charge in [0.2, 0.25) is 5.78 Å². The van der Waals surface area contributed by atoms with E-state index in [0.29, 0.717) is 0 Å². The Kier molecular flexibility index (Phi) is 7.17. The maximum absolute atomic E-state index is 13.5. The number of hydrogen-bond donors (Lipinski definition) is 0. The van der Waals surface area contributed by atoms with Crippen molar-refractivity contribution in [3.05, 3.63) is 139 Å². The Morgan fingerprint density at radius 1 is 0.800 bits per heavy atom. The molecule has 0 N–H and O–H groups in total. The zero-order valence-corrected chi connectivity index (χ0v) is 21.8. The van der Waals surface area contributed by atoms with E-state index in [2.05, 4.69) is 0 Å². The number of rotatable bonds is 7. The molecule has 0 radical (unpaired) electrons. The number of nitro groups is 1. The number of carbonyl (C=O) groups is 4. The lowest BCUT2D eigenvalue weighted by molar-refractivity contribution is -0.384. The number of nitrogens with zero attached hydrogens (tertiary/aromatic N) is 2. The molecule has 9 nitrogen and oxygen atoms in total. The minimum Gasteiger partial charge on any atom is -0.445 e. The molecule has 0 bridgehead atoms. The third kappa shape index (κ3) is 4.84. The van der Waals surface area contributed by atoms with Gasteiger partial charge in [-0.1, -0.05) is 65.7 Å². The van der Waals surface area contributed by atoms with Crippen molar-refractivity contribution >= 4 is 58.1 Å². The van der Waals surface area contributed by atoms with E-state index in [0.717, 1.165) is 4.90 Å². The van der Waals surface area contributed by atoms with Crippen LogP contribution in [0.3, 0.4) is 0 Å². The molecule has 1 atom stereocenters. The Bertz CT molecular complexity index is 1660. The Hall–Kier alpha value is -4.86. The summed E-state index contributed by atoms with van der Waals surface area (Å²) in [7, 11) is 0. The normalized spacial score (nSPS) is 13.1. The fourth-order valence-electron chi connectivity index (χ4n) is 4.26. The van der Waals surface area contributed by atoms with Gasteiger partial charge >= 0.3 is 5.97 Å². The third-order valence-corrected chi connectivity index (χ3v) is 6.94. The number of hydrogen-bond acceptors (Lipinski definition) is 7. The number of Topliss-reactive ketones (excluding diaryl/α,β-unsaturated/α-hetero) is 1. The van der Waals surface area contributed by atoms with Crippen molar-refractivity contribution in [3.8, 4) is 0 Å². The third-order valence-electron chi connectivity index (χ3n) is 6.22. The highest BCUT2D eigenvalue weighted by atomic mass is 35.5. The van der Waals surface area contributed by atoms with Crippen LogP contribution in [0.4, 0.5) is 11.4 Å². The van der Waals surface area contributed by atoms with E-state index in [1.807, 2.05) is 0 Å². The van der Waals surface area contributed by atoms with E-state index >= 15 is 0 Å². The summed E-state index contributed by atoms with van der Waals surface area (Å²) in [6, 6.07) is 21.4. The molecule has 40 heavy (non-hydrogen) atoms. The van der Waals surface area contributed by atoms with Crippen LogP contribution in [0.1, 0.15) is 53.1 Å². The minimum absolute atomic E-state index is 0.0191. The van der Waals surface area contributed by atoms with Gasteiger partial charge in [-0.15, -0.1) is 0 Å². The summed E-state index contributed by atoms with van der Waals surface area (Å²) in [6.45, 7) is 0. The minimum atomic E-state index is -1.48. The highest BCUT2D eigenvalue weighted by Gasteiger charge is 2.40. The van der Waals surface area contributed by atoms with Crippen LogP contribution in [-0.2, 0) is 4.74 Å². The summed E-state index contributed by atoms with van der Waals surface area (Å²) in [6.07, 6.45) is -1.48. The number of amides is 2. The average Bonchev–Trinajstić information content (AvgIpc) is 3.20. The highest BCUT2D eigenvalue weighted by molar-refractivity contribution is 6.44. The molecule has 0 spiro atoms. The van der Waals surface area contributed by atoms with Crippen molar-refractivity contribution in [1.82, 2.24) is 0 Å². The Labute approximate surface area is 236 Å². The first-order valence-corrected chi connectivity index (χ1v) is 12.4. The van der Waals surface area contributed by atoms with Crippen LogP contribution in [0.25, 0.3) is 0 Å². The molecule has 0 saturated carbocycles. The molecular formula is C29H16Cl2N2O7. The Balaban J connectivity index is 1.52. The second kappa shape index (κ2) is 10.7. The zero-order valence-electron chi connectivity index (χ0n) is 20.2. The number of ether oxygens (including phenoxy) is 1. The van der Waals surface area contributed by atoms with Gasteiger partial charge in [0.1, 0.15) is 0 Å². The van der Waals surface area contributed by atoms with Crippen LogP contribution >= 0.6 is 23.2 Å². The zero-order chi connectivity index (χ0) is 28.6. The van der Waals surface area contributed by atoms with Gasteiger partial charge in [-0.25, -0.2) is 9.69 Å². The van der Waals surface area contributed by atoms with Gasteiger partial charge in [-0.2, -0.15) is 0 Å². The molecule has 4 aromatic rings. The highest BCUT2D eigenvalue weighted by Crippen LogP contribution is 2.36. The number of benzene rings is 4. The maximum atomic E-state index is 13.5. The van der Waals surface area contributed by atoms with E-state index < -0.39 is 34.6 Å². The Morgan fingerprint density at radius 3 is 1.93 bits per heavy atom. The molecule has 0 aromatic heterocycles. The van der Waals surface area contributed by atoms with Crippen LogP contribution in [-0.4, -0.2) is 28.5 Å². The lowest BCUT2D eigenvalue weighted by atomic mass is 9.99. The first kappa shape index (κ1) is 26.7. The smallest absolute Gasteiger partial charge is 0.341 e. The average molecular weight is 575 g/mol. The molecule has 5 rings (SSSR count). The number of halogens is 2. The lowest BCUT2D eigenvalue weighted by Gasteiger charge is -2.21. The molecule has 1 aliphatic rings. The van der Waals surface area contributed by atoms with Gasteiger partial charge in [-0.05, 0) is 36.4 Å². The standard InChI is InChI=1S/C29H16Cl2N2O7/c30-22-14-20-21(15-23(22)31)28(36)32(27(20)35)24-9-5-4-8-19(24)29(37)40-26(25(34)16-6-2-1-3-7-16)17-10-12-18(13-11-17)33(38)39/h1-15,26H/t26-/m0/s1.